The number of nitrogens with zero attached hydrogens (tertiary/aromatic N) is 2. The molecule has 138 valence electrons. The van der Waals surface area contributed by atoms with Crippen molar-refractivity contribution >= 4 is 5.91 Å². The van der Waals surface area contributed by atoms with Gasteiger partial charge in [-0.2, -0.15) is 0 Å². The maximum absolute atomic E-state index is 12.6. The van der Waals surface area contributed by atoms with E-state index in [2.05, 4.69) is 60.4 Å². The number of morpholine rings is 1. The number of likely N-dealkylation sites (N-methyl/N-ethyl adjacent to an activating group) is 1. The van der Waals surface area contributed by atoms with E-state index in [1.165, 1.54) is 24.0 Å². The lowest BCUT2D eigenvalue weighted by molar-refractivity contribution is -0.125. The van der Waals surface area contributed by atoms with Crippen LogP contribution in [0.25, 0.3) is 0 Å². The van der Waals surface area contributed by atoms with E-state index in [-0.39, 0.29) is 18.1 Å². The Balaban J connectivity index is 1.54. The molecule has 0 unspecified atom stereocenters. The number of hydrogen-bond acceptors (Lipinski definition) is 4. The molecular formula is C20H31N3O2. The highest BCUT2D eigenvalue weighted by atomic mass is 16.5. The van der Waals surface area contributed by atoms with Gasteiger partial charge in [0.2, 0.25) is 5.91 Å². The fourth-order valence-corrected chi connectivity index (χ4v) is 3.54. The first-order valence-corrected chi connectivity index (χ1v) is 9.36. The van der Waals surface area contributed by atoms with Crippen molar-refractivity contribution in [3.05, 3.63) is 35.4 Å². The van der Waals surface area contributed by atoms with Gasteiger partial charge in [0, 0.05) is 19.6 Å². The van der Waals surface area contributed by atoms with Gasteiger partial charge >= 0.3 is 0 Å². The Morgan fingerprint density at radius 2 is 2.04 bits per heavy atom. The lowest BCUT2D eigenvalue weighted by Crippen LogP contribution is -2.49. The molecule has 25 heavy (non-hydrogen) atoms. The zero-order chi connectivity index (χ0) is 17.8. The molecule has 1 aromatic rings. The molecule has 0 spiro atoms. The molecule has 1 aliphatic carbocycles. The Kier molecular flexibility index (Phi) is 6.10. The van der Waals surface area contributed by atoms with Gasteiger partial charge in [0.15, 0.2) is 0 Å². The summed E-state index contributed by atoms with van der Waals surface area (Å²) in [5.74, 6) is 0.723. The van der Waals surface area contributed by atoms with E-state index in [0.717, 1.165) is 19.6 Å². The van der Waals surface area contributed by atoms with Gasteiger partial charge in [0.25, 0.3) is 0 Å². The van der Waals surface area contributed by atoms with Crippen LogP contribution in [-0.2, 0) is 9.53 Å². The van der Waals surface area contributed by atoms with Gasteiger partial charge in [0.1, 0.15) is 0 Å². The highest BCUT2D eigenvalue weighted by molar-refractivity contribution is 5.78. The molecule has 1 amide bonds. The zero-order valence-corrected chi connectivity index (χ0v) is 15.7. The van der Waals surface area contributed by atoms with Crippen molar-refractivity contribution in [2.24, 2.45) is 5.92 Å². The van der Waals surface area contributed by atoms with E-state index >= 15 is 0 Å². The van der Waals surface area contributed by atoms with Crippen LogP contribution in [0, 0.1) is 12.8 Å². The summed E-state index contributed by atoms with van der Waals surface area (Å²) in [5.41, 5.74) is 2.48. The first-order chi connectivity index (χ1) is 12.0. The predicted molar refractivity (Wildman–Crippen MR) is 99.5 cm³/mol. The summed E-state index contributed by atoms with van der Waals surface area (Å²) in [6.07, 6.45) is 2.61. The molecule has 5 heteroatoms. The summed E-state index contributed by atoms with van der Waals surface area (Å²) in [4.78, 5) is 17.0. The Morgan fingerprint density at radius 3 is 2.68 bits per heavy atom. The Labute approximate surface area is 151 Å². The van der Waals surface area contributed by atoms with E-state index in [4.69, 9.17) is 4.74 Å². The van der Waals surface area contributed by atoms with Crippen molar-refractivity contribution in [1.29, 1.82) is 0 Å². The molecule has 1 saturated heterocycles. The van der Waals surface area contributed by atoms with Crippen LogP contribution < -0.4 is 5.32 Å². The second kappa shape index (κ2) is 8.30. The fourth-order valence-electron chi connectivity index (χ4n) is 3.54. The normalized spacial score (nSPS) is 22.8. The Hall–Kier alpha value is -1.43. The van der Waals surface area contributed by atoms with E-state index in [1.54, 1.807) is 0 Å². The molecular weight excluding hydrogens is 314 g/mol. The van der Waals surface area contributed by atoms with Crippen LogP contribution in [0.4, 0.5) is 0 Å². The van der Waals surface area contributed by atoms with E-state index in [1.807, 2.05) is 0 Å². The summed E-state index contributed by atoms with van der Waals surface area (Å²) in [5, 5.41) is 3.29. The summed E-state index contributed by atoms with van der Waals surface area (Å²) >= 11 is 0. The maximum atomic E-state index is 12.6. The smallest absolute Gasteiger partial charge is 0.234 e. The molecule has 5 nitrogen and oxygen atoms in total. The maximum Gasteiger partial charge on any atom is 0.234 e. The topological polar surface area (TPSA) is 44.8 Å². The third kappa shape index (κ3) is 5.53. The van der Waals surface area contributed by atoms with E-state index < -0.39 is 0 Å². The highest BCUT2D eigenvalue weighted by Gasteiger charge is 2.33. The van der Waals surface area contributed by atoms with Gasteiger partial charge in [-0.05, 0) is 45.3 Å². The number of hydrogen-bond donors (Lipinski definition) is 1. The number of carbonyl (C=O) groups excluding carboxylic acids is 1. The summed E-state index contributed by atoms with van der Waals surface area (Å²) < 4.78 is 5.80. The Bertz CT molecular complexity index is 569. The number of aryl methyl sites for hydroxylation is 1. The standard InChI is InChI=1S/C20H31N3O2/c1-15-4-6-16(7-5-15)20(17-8-9-17)21-19(24)14-23-10-11-25-18(13-23)12-22(2)3/h4-7,17-18,20H,8-14H2,1-3H3,(H,21,24)/t18-,20+/m0/s1. The van der Waals surface area contributed by atoms with E-state index in [0.29, 0.717) is 19.1 Å². The third-order valence-electron chi connectivity index (χ3n) is 5.01. The molecule has 0 radical (unpaired) electrons. The van der Waals surface area contributed by atoms with Gasteiger partial charge in [-0.3, -0.25) is 9.69 Å². The summed E-state index contributed by atoms with van der Waals surface area (Å²) in [6.45, 7) is 5.81. The Morgan fingerprint density at radius 1 is 1.32 bits per heavy atom. The molecule has 0 bridgehead atoms. The van der Waals surface area contributed by atoms with Crippen LogP contribution in [0.2, 0.25) is 0 Å². The van der Waals surface area contributed by atoms with Crippen molar-refractivity contribution in [2.75, 3.05) is 46.9 Å². The molecule has 1 aromatic carbocycles. The van der Waals surface area contributed by atoms with Gasteiger partial charge in [0.05, 0.1) is 25.3 Å². The molecule has 2 fully saturated rings. The number of amides is 1. The molecule has 2 atom stereocenters. The van der Waals surface area contributed by atoms with Crippen molar-refractivity contribution < 1.29 is 9.53 Å². The molecule has 1 saturated carbocycles. The molecule has 0 aromatic heterocycles. The van der Waals surface area contributed by atoms with Crippen molar-refractivity contribution in [2.45, 2.75) is 31.9 Å². The SMILES string of the molecule is Cc1ccc([C@@H](NC(=O)CN2CCO[C@@H](CN(C)C)C2)C2CC2)cc1. The average Bonchev–Trinajstić information content (AvgIpc) is 3.38. The molecule has 2 aliphatic rings. The minimum absolute atomic E-state index is 0.128. The third-order valence-corrected chi connectivity index (χ3v) is 5.01. The second-order valence-electron chi connectivity index (χ2n) is 7.78. The largest absolute Gasteiger partial charge is 0.374 e. The molecule has 3 rings (SSSR count). The monoisotopic (exact) mass is 345 g/mol. The van der Waals surface area contributed by atoms with Crippen molar-refractivity contribution in [1.82, 2.24) is 15.1 Å². The van der Waals surface area contributed by atoms with Crippen LogP contribution >= 0.6 is 0 Å². The quantitative estimate of drug-likeness (QED) is 0.819. The number of nitrogens with one attached hydrogen (secondary N) is 1. The lowest BCUT2D eigenvalue weighted by Gasteiger charge is -2.34. The van der Waals surface area contributed by atoms with Crippen LogP contribution in [0.15, 0.2) is 24.3 Å². The first-order valence-electron chi connectivity index (χ1n) is 9.36. The average molecular weight is 345 g/mol. The minimum Gasteiger partial charge on any atom is -0.374 e. The number of carbonyl (C=O) groups is 1. The zero-order valence-electron chi connectivity index (χ0n) is 15.7. The van der Waals surface area contributed by atoms with Crippen LogP contribution in [0.5, 0.6) is 0 Å². The lowest BCUT2D eigenvalue weighted by atomic mass is 10.0. The summed E-state index contributed by atoms with van der Waals surface area (Å²) in [7, 11) is 4.10. The minimum atomic E-state index is 0.128. The number of rotatable bonds is 7. The molecule has 1 heterocycles. The van der Waals surface area contributed by atoms with Gasteiger partial charge in [-0.15, -0.1) is 0 Å². The first kappa shape index (κ1) is 18.4. The van der Waals surface area contributed by atoms with E-state index in [9.17, 15) is 4.79 Å². The van der Waals surface area contributed by atoms with Crippen LogP contribution in [0.3, 0.4) is 0 Å². The van der Waals surface area contributed by atoms with Crippen LogP contribution in [0.1, 0.15) is 30.0 Å². The molecule has 1 N–H and O–H groups in total. The number of ether oxygens (including phenoxy) is 1. The van der Waals surface area contributed by atoms with Crippen molar-refractivity contribution in [3.8, 4) is 0 Å². The van der Waals surface area contributed by atoms with Gasteiger partial charge < -0.3 is 15.0 Å². The summed E-state index contributed by atoms with van der Waals surface area (Å²) in [6, 6.07) is 8.72. The van der Waals surface area contributed by atoms with Crippen LogP contribution in [-0.4, -0.2) is 68.7 Å². The van der Waals surface area contributed by atoms with Crippen molar-refractivity contribution in [3.63, 3.8) is 0 Å². The van der Waals surface area contributed by atoms with Gasteiger partial charge in [-0.25, -0.2) is 0 Å². The fraction of sp³-hybridized carbons (Fsp3) is 0.650. The predicted octanol–water partition coefficient (Wildman–Crippen LogP) is 1.82. The van der Waals surface area contributed by atoms with Gasteiger partial charge in [-0.1, -0.05) is 29.8 Å². The number of benzene rings is 1. The molecule has 1 aliphatic heterocycles. The second-order valence-corrected chi connectivity index (χ2v) is 7.78. The highest BCUT2D eigenvalue weighted by Crippen LogP contribution is 2.41.